The lowest BCUT2D eigenvalue weighted by Gasteiger charge is -2.15. The van der Waals surface area contributed by atoms with Crippen LogP contribution in [0, 0.1) is 0 Å². The first kappa shape index (κ1) is 17.3. The molecule has 21 heavy (non-hydrogen) atoms. The number of nitrogens with zero attached hydrogens (tertiary/aromatic N) is 1. The summed E-state index contributed by atoms with van der Waals surface area (Å²) in [5.74, 6) is -0.598. The van der Waals surface area contributed by atoms with E-state index < -0.39 is 16.0 Å². The summed E-state index contributed by atoms with van der Waals surface area (Å²) in [5.41, 5.74) is 6.88. The molecule has 0 heterocycles. The number of ether oxygens (including phenoxy) is 1. The van der Waals surface area contributed by atoms with E-state index >= 15 is 0 Å². The molecule has 0 spiro atoms. The van der Waals surface area contributed by atoms with E-state index in [0.717, 1.165) is 4.31 Å². The third kappa shape index (κ3) is 4.61. The Labute approximate surface area is 125 Å². The predicted octanol–water partition coefficient (Wildman–Crippen LogP) is 0.749. The number of anilines is 2. The van der Waals surface area contributed by atoms with E-state index in [1.165, 1.54) is 14.1 Å². The highest BCUT2D eigenvalue weighted by molar-refractivity contribution is 7.89. The summed E-state index contributed by atoms with van der Waals surface area (Å²) >= 11 is 0. The summed E-state index contributed by atoms with van der Waals surface area (Å²) in [6.45, 7) is 2.10. The topological polar surface area (TPSA) is 102 Å². The molecule has 0 amide bonds. The van der Waals surface area contributed by atoms with E-state index in [0.29, 0.717) is 16.9 Å². The first-order valence-corrected chi connectivity index (χ1v) is 8.10. The van der Waals surface area contributed by atoms with Crippen molar-refractivity contribution < 1.29 is 17.9 Å². The molecule has 1 rings (SSSR count). The highest BCUT2D eigenvalue weighted by atomic mass is 32.2. The molecule has 0 saturated carbocycles. The van der Waals surface area contributed by atoms with Crippen LogP contribution < -0.4 is 11.1 Å². The zero-order valence-electron chi connectivity index (χ0n) is 12.4. The van der Waals surface area contributed by atoms with Crippen LogP contribution in [-0.2, 0) is 14.8 Å². The molecule has 0 aliphatic carbocycles. The number of rotatable bonds is 7. The Kier molecular flexibility index (Phi) is 5.98. The maximum absolute atomic E-state index is 11.8. The zero-order chi connectivity index (χ0) is 16.0. The minimum absolute atomic E-state index is 0.101. The van der Waals surface area contributed by atoms with E-state index in [2.05, 4.69) is 5.32 Å². The second-order valence-corrected chi connectivity index (χ2v) is 6.82. The van der Waals surface area contributed by atoms with Crippen LogP contribution in [0.3, 0.4) is 0 Å². The third-order valence-electron chi connectivity index (χ3n) is 2.81. The first-order chi connectivity index (χ1) is 9.79. The van der Waals surface area contributed by atoms with Gasteiger partial charge in [0.15, 0.2) is 0 Å². The number of carbonyl (C=O) groups excluding carboxylic acids is 1. The second kappa shape index (κ2) is 7.28. The van der Waals surface area contributed by atoms with Crippen molar-refractivity contribution in [3.05, 3.63) is 23.8 Å². The summed E-state index contributed by atoms with van der Waals surface area (Å²) in [6, 6.07) is 4.85. The van der Waals surface area contributed by atoms with Crippen LogP contribution in [0.5, 0.6) is 0 Å². The molecule has 0 fully saturated rings. The summed E-state index contributed by atoms with van der Waals surface area (Å²) in [7, 11) is -0.374. The van der Waals surface area contributed by atoms with Gasteiger partial charge in [0, 0.05) is 20.6 Å². The summed E-state index contributed by atoms with van der Waals surface area (Å²) in [4.78, 5) is 11.8. The molecule has 0 aromatic heterocycles. The van der Waals surface area contributed by atoms with Crippen molar-refractivity contribution in [3.8, 4) is 0 Å². The fourth-order valence-corrected chi connectivity index (χ4v) is 2.36. The van der Waals surface area contributed by atoms with Crippen molar-refractivity contribution in [2.75, 3.05) is 44.1 Å². The average Bonchev–Trinajstić information content (AvgIpc) is 2.40. The fraction of sp³-hybridized carbons (Fsp3) is 0.462. The quantitative estimate of drug-likeness (QED) is 0.568. The van der Waals surface area contributed by atoms with E-state index in [9.17, 15) is 13.2 Å². The van der Waals surface area contributed by atoms with E-state index in [1.807, 2.05) is 0 Å². The van der Waals surface area contributed by atoms with Gasteiger partial charge in [-0.25, -0.2) is 17.5 Å². The van der Waals surface area contributed by atoms with Crippen molar-refractivity contribution in [3.63, 3.8) is 0 Å². The third-order valence-corrected chi connectivity index (χ3v) is 4.64. The molecule has 0 aliphatic rings. The normalized spacial score (nSPS) is 11.4. The largest absolute Gasteiger partial charge is 0.462 e. The van der Waals surface area contributed by atoms with Gasteiger partial charge in [0.1, 0.15) is 0 Å². The first-order valence-electron chi connectivity index (χ1n) is 6.49. The molecule has 1 aromatic rings. The molecule has 0 atom stereocenters. The van der Waals surface area contributed by atoms with Gasteiger partial charge in [-0.3, -0.25) is 0 Å². The number of hydrogen-bond donors (Lipinski definition) is 2. The van der Waals surface area contributed by atoms with E-state index in [1.54, 1.807) is 25.1 Å². The number of benzene rings is 1. The van der Waals surface area contributed by atoms with Crippen LogP contribution in [0.1, 0.15) is 17.3 Å². The molecule has 3 N–H and O–H groups in total. The number of carbonyl (C=O) groups is 1. The Morgan fingerprint density at radius 3 is 2.62 bits per heavy atom. The average molecular weight is 315 g/mol. The van der Waals surface area contributed by atoms with E-state index in [4.69, 9.17) is 10.5 Å². The maximum Gasteiger partial charge on any atom is 0.340 e. The van der Waals surface area contributed by atoms with Crippen LogP contribution in [0.25, 0.3) is 0 Å². The number of nitrogens with two attached hydrogens (primary N) is 1. The number of nitrogens with one attached hydrogen (secondary N) is 1. The number of para-hydroxylation sites is 1. The van der Waals surface area contributed by atoms with E-state index in [-0.39, 0.29) is 18.9 Å². The molecular weight excluding hydrogens is 294 g/mol. The van der Waals surface area contributed by atoms with Crippen molar-refractivity contribution >= 4 is 27.4 Å². The molecule has 7 nitrogen and oxygen atoms in total. The SMILES string of the molecule is CCOC(=O)c1cccc(N)c1NCCS(=O)(=O)N(C)C. The van der Waals surface area contributed by atoms with Crippen LogP contribution >= 0.6 is 0 Å². The smallest absolute Gasteiger partial charge is 0.340 e. The molecule has 1 aromatic carbocycles. The van der Waals surface area contributed by atoms with Gasteiger partial charge in [0.05, 0.1) is 29.3 Å². The number of esters is 1. The van der Waals surface area contributed by atoms with Gasteiger partial charge in [-0.15, -0.1) is 0 Å². The summed E-state index contributed by atoms with van der Waals surface area (Å²) in [5, 5.41) is 2.90. The standard InChI is InChI=1S/C13H21N3O4S/c1-4-20-13(17)10-6-5-7-11(14)12(10)15-8-9-21(18,19)16(2)3/h5-7,15H,4,8-9,14H2,1-3H3. The highest BCUT2D eigenvalue weighted by Crippen LogP contribution is 2.24. The van der Waals surface area contributed by atoms with Crippen molar-refractivity contribution in [2.45, 2.75) is 6.92 Å². The Bertz CT molecular complexity index is 599. The van der Waals surface area contributed by atoms with Crippen LogP contribution in [-0.4, -0.2) is 51.7 Å². The minimum Gasteiger partial charge on any atom is -0.462 e. The van der Waals surface area contributed by atoms with Gasteiger partial charge in [0.25, 0.3) is 0 Å². The van der Waals surface area contributed by atoms with Gasteiger partial charge in [-0.2, -0.15) is 0 Å². The maximum atomic E-state index is 11.8. The molecule has 0 unspecified atom stereocenters. The van der Waals surface area contributed by atoms with Crippen molar-refractivity contribution in [2.24, 2.45) is 0 Å². The molecule has 118 valence electrons. The Hall–Kier alpha value is -1.80. The summed E-state index contributed by atoms with van der Waals surface area (Å²) < 4.78 is 29.5. The lowest BCUT2D eigenvalue weighted by Crippen LogP contribution is -2.28. The number of sulfonamides is 1. The molecule has 0 radical (unpaired) electrons. The second-order valence-electron chi connectivity index (χ2n) is 4.52. The van der Waals surface area contributed by atoms with Crippen LogP contribution in [0.4, 0.5) is 11.4 Å². The summed E-state index contributed by atoms with van der Waals surface area (Å²) in [6.07, 6.45) is 0. The Balaban J connectivity index is 2.86. The lowest BCUT2D eigenvalue weighted by atomic mass is 10.1. The molecule has 0 saturated heterocycles. The van der Waals surface area contributed by atoms with Gasteiger partial charge in [-0.1, -0.05) is 6.07 Å². The monoisotopic (exact) mass is 315 g/mol. The number of hydrogen-bond acceptors (Lipinski definition) is 6. The van der Waals surface area contributed by atoms with Gasteiger partial charge >= 0.3 is 5.97 Å². The predicted molar refractivity (Wildman–Crippen MR) is 82.8 cm³/mol. The highest BCUT2D eigenvalue weighted by Gasteiger charge is 2.17. The van der Waals surface area contributed by atoms with Gasteiger partial charge < -0.3 is 15.8 Å². The fourth-order valence-electron chi connectivity index (χ4n) is 1.63. The minimum atomic E-state index is -3.31. The number of nitrogen functional groups attached to an aromatic ring is 1. The Morgan fingerprint density at radius 2 is 2.05 bits per heavy atom. The molecule has 8 heteroatoms. The van der Waals surface area contributed by atoms with Crippen molar-refractivity contribution in [1.29, 1.82) is 0 Å². The lowest BCUT2D eigenvalue weighted by molar-refractivity contribution is 0.0527. The molecule has 0 bridgehead atoms. The van der Waals surface area contributed by atoms with Gasteiger partial charge in [-0.05, 0) is 19.1 Å². The molecule has 0 aliphatic heterocycles. The van der Waals surface area contributed by atoms with Gasteiger partial charge in [0.2, 0.25) is 10.0 Å². The molecular formula is C13H21N3O4S. The van der Waals surface area contributed by atoms with Crippen LogP contribution in [0.2, 0.25) is 0 Å². The Morgan fingerprint density at radius 1 is 1.38 bits per heavy atom. The van der Waals surface area contributed by atoms with Crippen molar-refractivity contribution in [1.82, 2.24) is 4.31 Å². The van der Waals surface area contributed by atoms with Crippen LogP contribution in [0.15, 0.2) is 18.2 Å². The zero-order valence-corrected chi connectivity index (χ0v) is 13.2.